The third kappa shape index (κ3) is 2.07. The van der Waals surface area contributed by atoms with Crippen LogP contribution >= 0.6 is 11.6 Å². The number of nitrogens with one attached hydrogen (secondary N) is 1. The van der Waals surface area contributed by atoms with Gasteiger partial charge in [0.05, 0.1) is 5.52 Å². The Balaban J connectivity index is 1.97. The highest BCUT2D eigenvalue weighted by Gasteiger charge is 2.25. The van der Waals surface area contributed by atoms with Gasteiger partial charge in [-0.1, -0.05) is 19.1 Å². The van der Waals surface area contributed by atoms with Crippen molar-refractivity contribution in [1.29, 1.82) is 0 Å². The summed E-state index contributed by atoms with van der Waals surface area (Å²) in [5.74, 6) is 1.67. The van der Waals surface area contributed by atoms with Gasteiger partial charge in [0.15, 0.2) is 0 Å². The van der Waals surface area contributed by atoms with Crippen LogP contribution in [0.3, 0.4) is 0 Å². The van der Waals surface area contributed by atoms with Crippen molar-refractivity contribution >= 4 is 28.3 Å². The fraction of sp³-hybridized carbons (Fsp3) is 0.385. The molecule has 1 saturated carbocycles. The number of para-hydroxylation sites is 1. The molecule has 0 saturated heterocycles. The van der Waals surface area contributed by atoms with Crippen LogP contribution in [0.4, 0.5) is 5.82 Å². The Bertz CT molecular complexity index is 549. The molecular weight excluding hydrogens is 234 g/mol. The molecule has 88 valence electrons. The van der Waals surface area contributed by atoms with Gasteiger partial charge >= 0.3 is 0 Å². The van der Waals surface area contributed by atoms with Gasteiger partial charge in [0.25, 0.3) is 0 Å². The Morgan fingerprint density at radius 1 is 1.24 bits per heavy atom. The molecule has 1 aliphatic rings. The molecule has 1 fully saturated rings. The lowest BCUT2D eigenvalue weighted by molar-refractivity contribution is 0.309. The van der Waals surface area contributed by atoms with E-state index < -0.39 is 0 Å². The Kier molecular flexibility index (Phi) is 2.63. The van der Waals surface area contributed by atoms with Crippen molar-refractivity contribution in [2.24, 2.45) is 5.92 Å². The summed E-state index contributed by atoms with van der Waals surface area (Å²) >= 11 is 5.93. The first-order valence-corrected chi connectivity index (χ1v) is 6.29. The molecule has 0 bridgehead atoms. The lowest BCUT2D eigenvalue weighted by atomic mass is 9.82. The number of rotatable bonds is 2. The Morgan fingerprint density at radius 2 is 2.00 bits per heavy atom. The molecule has 0 amide bonds. The summed E-state index contributed by atoms with van der Waals surface area (Å²) in [5, 5.41) is 4.80. The van der Waals surface area contributed by atoms with Gasteiger partial charge in [-0.15, -0.1) is 0 Å². The summed E-state index contributed by atoms with van der Waals surface area (Å²) < 4.78 is 0. The van der Waals surface area contributed by atoms with Crippen LogP contribution in [0.15, 0.2) is 24.3 Å². The van der Waals surface area contributed by atoms with E-state index in [9.17, 15) is 0 Å². The van der Waals surface area contributed by atoms with Gasteiger partial charge in [-0.05, 0) is 42.5 Å². The molecule has 1 N–H and O–H groups in total. The zero-order valence-electron chi connectivity index (χ0n) is 9.65. The van der Waals surface area contributed by atoms with Crippen LogP contribution < -0.4 is 5.32 Å². The third-order valence-electron chi connectivity index (χ3n) is 3.29. The molecule has 1 aromatic carbocycles. The van der Waals surface area contributed by atoms with Crippen molar-refractivity contribution < 1.29 is 0 Å². The topological polar surface area (TPSA) is 37.8 Å². The van der Waals surface area contributed by atoms with Gasteiger partial charge in [0.1, 0.15) is 5.82 Å². The van der Waals surface area contributed by atoms with Gasteiger partial charge in [0, 0.05) is 11.4 Å². The zero-order valence-corrected chi connectivity index (χ0v) is 10.4. The second-order valence-corrected chi connectivity index (χ2v) is 5.11. The van der Waals surface area contributed by atoms with Gasteiger partial charge in [-0.3, -0.25) is 0 Å². The second kappa shape index (κ2) is 4.15. The van der Waals surface area contributed by atoms with E-state index in [1.165, 1.54) is 12.8 Å². The van der Waals surface area contributed by atoms with E-state index in [0.29, 0.717) is 11.3 Å². The normalized spacial score (nSPS) is 23.4. The summed E-state index contributed by atoms with van der Waals surface area (Å²) in [6.45, 7) is 2.27. The summed E-state index contributed by atoms with van der Waals surface area (Å²) in [6.07, 6.45) is 2.41. The molecule has 1 heterocycles. The van der Waals surface area contributed by atoms with Crippen LogP contribution in [0, 0.1) is 5.92 Å². The van der Waals surface area contributed by atoms with E-state index in [4.69, 9.17) is 11.6 Å². The minimum absolute atomic E-state index is 0.304. The standard InChI is InChI=1S/C13H14ClN3/c1-8-6-9(7-8)15-12-10-4-2-3-5-11(10)16-13(14)17-12/h2-5,8-9H,6-7H2,1H3,(H,15,16,17). The first kappa shape index (κ1) is 10.8. The van der Waals surface area contributed by atoms with Crippen molar-refractivity contribution in [3.05, 3.63) is 29.5 Å². The van der Waals surface area contributed by atoms with Crippen molar-refractivity contribution in [1.82, 2.24) is 9.97 Å². The minimum Gasteiger partial charge on any atom is -0.367 e. The molecule has 4 heteroatoms. The molecule has 0 aliphatic heterocycles. The number of anilines is 1. The molecule has 0 atom stereocenters. The molecular formula is C13H14ClN3. The van der Waals surface area contributed by atoms with E-state index in [0.717, 1.165) is 22.6 Å². The van der Waals surface area contributed by atoms with Gasteiger partial charge in [0.2, 0.25) is 5.28 Å². The average Bonchev–Trinajstić information content (AvgIpc) is 2.26. The van der Waals surface area contributed by atoms with E-state index in [1.807, 2.05) is 24.3 Å². The number of benzene rings is 1. The molecule has 3 rings (SSSR count). The van der Waals surface area contributed by atoms with Crippen LogP contribution in [0.1, 0.15) is 19.8 Å². The number of fused-ring (bicyclic) bond motifs is 1. The lowest BCUT2D eigenvalue weighted by Gasteiger charge is -2.33. The number of aromatic nitrogens is 2. The SMILES string of the molecule is CC1CC(Nc2nc(Cl)nc3ccccc23)C1. The average molecular weight is 248 g/mol. The van der Waals surface area contributed by atoms with E-state index in [2.05, 4.69) is 22.2 Å². The van der Waals surface area contributed by atoms with Gasteiger partial charge < -0.3 is 5.32 Å². The first-order valence-electron chi connectivity index (χ1n) is 5.91. The second-order valence-electron chi connectivity index (χ2n) is 4.78. The Labute approximate surface area is 105 Å². The van der Waals surface area contributed by atoms with Gasteiger partial charge in [-0.25, -0.2) is 9.97 Å². The quantitative estimate of drug-likeness (QED) is 0.826. The Hall–Kier alpha value is -1.35. The van der Waals surface area contributed by atoms with Crippen molar-refractivity contribution in [2.45, 2.75) is 25.8 Å². The smallest absolute Gasteiger partial charge is 0.224 e. The van der Waals surface area contributed by atoms with Crippen molar-refractivity contribution in [2.75, 3.05) is 5.32 Å². The third-order valence-corrected chi connectivity index (χ3v) is 3.46. The predicted molar refractivity (Wildman–Crippen MR) is 70.4 cm³/mol. The van der Waals surface area contributed by atoms with Crippen LogP contribution in [-0.4, -0.2) is 16.0 Å². The van der Waals surface area contributed by atoms with Crippen LogP contribution in [0.25, 0.3) is 10.9 Å². The van der Waals surface area contributed by atoms with E-state index in [1.54, 1.807) is 0 Å². The first-order chi connectivity index (χ1) is 8.22. The summed E-state index contributed by atoms with van der Waals surface area (Å²) in [4.78, 5) is 8.51. The monoisotopic (exact) mass is 247 g/mol. The maximum atomic E-state index is 5.93. The van der Waals surface area contributed by atoms with E-state index >= 15 is 0 Å². The highest BCUT2D eigenvalue weighted by molar-refractivity contribution is 6.28. The fourth-order valence-corrected chi connectivity index (χ4v) is 2.55. The Morgan fingerprint density at radius 3 is 2.76 bits per heavy atom. The molecule has 1 aliphatic carbocycles. The summed E-state index contributed by atoms with van der Waals surface area (Å²) in [6, 6.07) is 8.46. The molecule has 3 nitrogen and oxygen atoms in total. The highest BCUT2D eigenvalue weighted by atomic mass is 35.5. The predicted octanol–water partition coefficient (Wildman–Crippen LogP) is 3.49. The maximum absolute atomic E-state index is 5.93. The molecule has 0 unspecified atom stereocenters. The number of halogens is 1. The summed E-state index contributed by atoms with van der Waals surface area (Å²) in [7, 11) is 0. The molecule has 17 heavy (non-hydrogen) atoms. The lowest BCUT2D eigenvalue weighted by Crippen LogP contribution is -2.34. The van der Waals surface area contributed by atoms with E-state index in [-0.39, 0.29) is 0 Å². The summed E-state index contributed by atoms with van der Waals surface area (Å²) in [5.41, 5.74) is 0.891. The number of hydrogen-bond acceptors (Lipinski definition) is 3. The number of nitrogens with zero attached hydrogens (tertiary/aromatic N) is 2. The number of hydrogen-bond donors (Lipinski definition) is 1. The van der Waals surface area contributed by atoms with Crippen LogP contribution in [-0.2, 0) is 0 Å². The van der Waals surface area contributed by atoms with Crippen molar-refractivity contribution in [3.8, 4) is 0 Å². The van der Waals surface area contributed by atoms with Crippen LogP contribution in [0.2, 0.25) is 5.28 Å². The van der Waals surface area contributed by atoms with Gasteiger partial charge in [-0.2, -0.15) is 0 Å². The largest absolute Gasteiger partial charge is 0.367 e. The van der Waals surface area contributed by atoms with Crippen LogP contribution in [0.5, 0.6) is 0 Å². The molecule has 1 aromatic heterocycles. The highest BCUT2D eigenvalue weighted by Crippen LogP contribution is 2.31. The maximum Gasteiger partial charge on any atom is 0.224 e. The minimum atomic E-state index is 0.304. The molecule has 0 spiro atoms. The van der Waals surface area contributed by atoms with Crippen molar-refractivity contribution in [3.63, 3.8) is 0 Å². The zero-order chi connectivity index (χ0) is 11.8. The molecule has 2 aromatic rings. The molecule has 0 radical (unpaired) electrons. The fourth-order valence-electron chi connectivity index (χ4n) is 2.37.